The van der Waals surface area contributed by atoms with Crippen LogP contribution in [0, 0.1) is 0 Å². The third-order valence-corrected chi connectivity index (χ3v) is 10.0. The molecule has 18 heteroatoms. The van der Waals surface area contributed by atoms with Crippen molar-refractivity contribution in [2.24, 2.45) is 0 Å². The van der Waals surface area contributed by atoms with Crippen LogP contribution >= 0.6 is 0 Å². The summed E-state index contributed by atoms with van der Waals surface area (Å²) in [6, 6.07) is 18.7. The van der Waals surface area contributed by atoms with Gasteiger partial charge in [0.2, 0.25) is 11.8 Å². The fraction of sp³-hybridized carbons (Fsp3) is 0.341. The molecule has 0 bridgehead atoms. The Bertz CT molecular complexity index is 2370. The van der Waals surface area contributed by atoms with Crippen LogP contribution in [0.5, 0.6) is 5.75 Å². The molecule has 5 heterocycles. The molecule has 2 aromatic carbocycles. The quantitative estimate of drug-likeness (QED) is 0.0618. The number of anilines is 1. The van der Waals surface area contributed by atoms with E-state index in [1.54, 1.807) is 30.7 Å². The fourth-order valence-corrected chi connectivity index (χ4v) is 6.96. The van der Waals surface area contributed by atoms with Crippen LogP contribution in [0.3, 0.4) is 0 Å². The number of hydrogen-bond acceptors (Lipinski definition) is 14. The highest BCUT2D eigenvalue weighted by molar-refractivity contribution is 6.23. The number of imide groups is 2. The number of benzene rings is 2. The molecule has 0 spiro atoms. The number of nitrogens with one attached hydrogen (secondary N) is 2. The van der Waals surface area contributed by atoms with Crippen LogP contribution in [0.25, 0.3) is 33.3 Å². The number of piperidine rings is 1. The van der Waals surface area contributed by atoms with Crippen LogP contribution in [0.2, 0.25) is 0 Å². The van der Waals surface area contributed by atoms with Gasteiger partial charge in [-0.05, 0) is 60.0 Å². The molecule has 324 valence electrons. The number of hydrogen-bond donors (Lipinski definition) is 3. The van der Waals surface area contributed by atoms with E-state index >= 15 is 0 Å². The van der Waals surface area contributed by atoms with Crippen molar-refractivity contribution in [2.75, 3.05) is 84.5 Å². The molecule has 1 fully saturated rings. The SMILES string of the molecule is O=C1CCC(N2C(=O)c3ccc(OCCOCCOCCOCCOCCOCCNc4ccc(-c5ccc(-c6cc7ccncc7n6C(=O)O)cc5)cn4)cc3C2=O)C(=O)N1. The summed E-state index contributed by atoms with van der Waals surface area (Å²) in [5.41, 5.74) is 4.13. The number of carboxylic acid groups (broad SMARTS) is 1. The minimum atomic E-state index is -1.06. The molecule has 1 atom stereocenters. The van der Waals surface area contributed by atoms with Crippen LogP contribution < -0.4 is 15.4 Å². The Balaban J connectivity index is 0.663. The first-order valence-electron chi connectivity index (χ1n) is 20.1. The number of carbonyl (C=O) groups is 5. The average molecular weight is 851 g/mol. The lowest BCUT2D eigenvalue weighted by Gasteiger charge is -2.27. The maximum Gasteiger partial charge on any atom is 0.416 e. The van der Waals surface area contributed by atoms with E-state index in [2.05, 4.69) is 20.6 Å². The number of carbonyl (C=O) groups excluding carboxylic acids is 4. The van der Waals surface area contributed by atoms with Gasteiger partial charge in [0.1, 0.15) is 24.2 Å². The summed E-state index contributed by atoms with van der Waals surface area (Å²) in [6.07, 6.45) is 4.06. The maximum absolute atomic E-state index is 13.0. The molecule has 1 unspecified atom stereocenters. The molecule has 2 aliphatic heterocycles. The van der Waals surface area contributed by atoms with Crippen LogP contribution in [0.4, 0.5) is 10.6 Å². The fourth-order valence-electron chi connectivity index (χ4n) is 6.96. The standard InChI is InChI=1S/C44H46N6O12/c51-40-10-8-36(41(52)48-40)50-42(53)34-7-6-33(26-35(34)43(50)54)62-24-23-61-22-21-60-20-19-59-18-17-58-16-15-57-14-13-46-39-9-5-32(27-47-39)29-1-3-30(4-2-29)37-25-31-11-12-45-28-38(31)49(37)44(55)56/h1-7,9,11-12,25-28,36H,8,10,13-24H2,(H,46,47)(H,55,56)(H,48,51,52). The zero-order valence-corrected chi connectivity index (χ0v) is 33.8. The van der Waals surface area contributed by atoms with Crippen LogP contribution in [-0.4, -0.2) is 140 Å². The first kappa shape index (κ1) is 43.5. The third-order valence-electron chi connectivity index (χ3n) is 10.0. The van der Waals surface area contributed by atoms with E-state index < -0.39 is 35.8 Å². The third kappa shape index (κ3) is 10.8. The van der Waals surface area contributed by atoms with Crippen LogP contribution in [0.15, 0.2) is 85.3 Å². The van der Waals surface area contributed by atoms with Gasteiger partial charge in [0, 0.05) is 36.3 Å². The predicted octanol–water partition coefficient (Wildman–Crippen LogP) is 4.27. The van der Waals surface area contributed by atoms with Crippen molar-refractivity contribution in [1.29, 1.82) is 0 Å². The van der Waals surface area contributed by atoms with E-state index in [9.17, 15) is 29.1 Å². The zero-order valence-electron chi connectivity index (χ0n) is 33.8. The summed E-state index contributed by atoms with van der Waals surface area (Å²) in [7, 11) is 0. The first-order chi connectivity index (χ1) is 30.3. The summed E-state index contributed by atoms with van der Waals surface area (Å²) in [5.74, 6) is -1.14. The number of aromatic nitrogens is 3. The van der Waals surface area contributed by atoms with Gasteiger partial charge < -0.3 is 38.8 Å². The highest BCUT2D eigenvalue weighted by atomic mass is 16.6. The lowest BCUT2D eigenvalue weighted by atomic mass is 10.0. The number of rotatable bonds is 23. The largest absolute Gasteiger partial charge is 0.491 e. The summed E-state index contributed by atoms with van der Waals surface area (Å²) in [6.45, 7) is 4.84. The van der Waals surface area contributed by atoms with E-state index in [0.29, 0.717) is 83.0 Å². The van der Waals surface area contributed by atoms with Gasteiger partial charge in [-0.3, -0.25) is 34.4 Å². The van der Waals surface area contributed by atoms with Crippen molar-refractivity contribution in [2.45, 2.75) is 18.9 Å². The molecule has 62 heavy (non-hydrogen) atoms. The Morgan fingerprint density at radius 2 is 1.34 bits per heavy atom. The molecule has 5 aromatic rings. The van der Waals surface area contributed by atoms with Crippen molar-refractivity contribution >= 4 is 46.4 Å². The van der Waals surface area contributed by atoms with E-state index in [1.807, 2.05) is 42.5 Å². The molecule has 18 nitrogen and oxygen atoms in total. The minimum Gasteiger partial charge on any atom is -0.491 e. The topological polar surface area (TPSA) is 219 Å². The van der Waals surface area contributed by atoms with Gasteiger partial charge >= 0.3 is 6.09 Å². The monoisotopic (exact) mass is 850 g/mol. The Kier molecular flexibility index (Phi) is 14.9. The number of pyridine rings is 2. The summed E-state index contributed by atoms with van der Waals surface area (Å²) in [4.78, 5) is 71.0. The van der Waals surface area contributed by atoms with E-state index in [0.717, 1.165) is 32.8 Å². The lowest BCUT2D eigenvalue weighted by Crippen LogP contribution is -2.54. The normalized spacial score (nSPS) is 15.0. The number of fused-ring (bicyclic) bond motifs is 2. The number of amides is 4. The smallest absolute Gasteiger partial charge is 0.416 e. The molecule has 4 amide bonds. The van der Waals surface area contributed by atoms with Crippen molar-refractivity contribution in [3.63, 3.8) is 0 Å². The molecule has 0 aliphatic carbocycles. The van der Waals surface area contributed by atoms with Gasteiger partial charge in [0.15, 0.2) is 0 Å². The first-order valence-corrected chi connectivity index (χ1v) is 20.1. The number of ether oxygens (including phenoxy) is 6. The van der Waals surface area contributed by atoms with E-state index in [1.165, 1.54) is 16.7 Å². The van der Waals surface area contributed by atoms with Crippen LogP contribution in [0.1, 0.15) is 33.6 Å². The average Bonchev–Trinajstić information content (AvgIpc) is 3.79. The Hall–Kier alpha value is -6.57. The Labute approximate surface area is 356 Å². The molecule has 0 radical (unpaired) electrons. The molecule has 7 rings (SSSR count). The second-order valence-corrected chi connectivity index (χ2v) is 14.1. The highest BCUT2D eigenvalue weighted by Gasteiger charge is 2.44. The van der Waals surface area contributed by atoms with E-state index in [4.69, 9.17) is 28.4 Å². The van der Waals surface area contributed by atoms with Gasteiger partial charge in [-0.2, -0.15) is 0 Å². The lowest BCUT2D eigenvalue weighted by molar-refractivity contribution is -0.136. The van der Waals surface area contributed by atoms with Gasteiger partial charge in [-0.1, -0.05) is 24.3 Å². The Morgan fingerprint density at radius 3 is 1.98 bits per heavy atom. The van der Waals surface area contributed by atoms with Gasteiger partial charge in [-0.25, -0.2) is 14.3 Å². The van der Waals surface area contributed by atoms with Crippen molar-refractivity contribution in [3.05, 3.63) is 96.4 Å². The van der Waals surface area contributed by atoms with Gasteiger partial charge in [0.25, 0.3) is 11.8 Å². The van der Waals surface area contributed by atoms with E-state index in [-0.39, 0.29) is 37.2 Å². The summed E-state index contributed by atoms with van der Waals surface area (Å²) in [5, 5.41) is 16.0. The summed E-state index contributed by atoms with van der Waals surface area (Å²) < 4.78 is 34.7. The zero-order chi connectivity index (χ0) is 43.3. The summed E-state index contributed by atoms with van der Waals surface area (Å²) >= 11 is 0. The van der Waals surface area contributed by atoms with Gasteiger partial charge in [0.05, 0.1) is 94.6 Å². The molecule has 3 aromatic heterocycles. The van der Waals surface area contributed by atoms with Crippen molar-refractivity contribution < 1.29 is 57.5 Å². The molecular weight excluding hydrogens is 805 g/mol. The number of nitrogens with zero attached hydrogens (tertiary/aromatic N) is 4. The van der Waals surface area contributed by atoms with Crippen molar-refractivity contribution in [1.82, 2.24) is 24.8 Å². The molecule has 3 N–H and O–H groups in total. The second kappa shape index (κ2) is 21.3. The van der Waals surface area contributed by atoms with Crippen molar-refractivity contribution in [3.8, 4) is 28.1 Å². The maximum atomic E-state index is 13.0. The molecule has 1 saturated heterocycles. The minimum absolute atomic E-state index is 0.0553. The van der Waals surface area contributed by atoms with Gasteiger partial charge in [-0.15, -0.1) is 0 Å². The van der Waals surface area contributed by atoms with Crippen LogP contribution in [-0.2, 0) is 33.3 Å². The Morgan fingerprint density at radius 1 is 0.710 bits per heavy atom. The molecular formula is C44H46N6O12. The second-order valence-electron chi connectivity index (χ2n) is 14.1. The highest BCUT2D eigenvalue weighted by Crippen LogP contribution is 2.31. The molecule has 0 saturated carbocycles. The molecule has 2 aliphatic rings. The predicted molar refractivity (Wildman–Crippen MR) is 223 cm³/mol.